The SMILES string of the molecule is Nc1c(I)cc(C(F)(C(F)(F)F)C(F)(F)Br)cc1S(=O)C(F)F. The highest BCUT2D eigenvalue weighted by atomic mass is 127. The van der Waals surface area contributed by atoms with Gasteiger partial charge in [0.1, 0.15) is 10.8 Å². The third-order valence-electron chi connectivity index (χ3n) is 2.65. The standard InChI is InChI=1S/C10H5BrF8INOS/c11-9(15,16)8(14,10(17,18)19)3-1-4(20)6(21)5(2-3)23(22)7(12)13/h1-2,7H,21H2. The molecule has 2 unspecified atom stereocenters. The summed E-state index contributed by atoms with van der Waals surface area (Å²) in [6.45, 7) is 0. The van der Waals surface area contributed by atoms with Gasteiger partial charge in [-0.1, -0.05) is 0 Å². The number of halogens is 10. The van der Waals surface area contributed by atoms with Gasteiger partial charge in [0.2, 0.25) is 0 Å². The second-order valence-corrected chi connectivity index (χ2v) is 7.63. The first-order chi connectivity index (χ1) is 10.1. The molecule has 132 valence electrons. The van der Waals surface area contributed by atoms with Gasteiger partial charge in [0.15, 0.2) is 0 Å². The normalized spacial score (nSPS) is 17.2. The van der Waals surface area contributed by atoms with Crippen LogP contribution in [-0.2, 0) is 16.5 Å². The van der Waals surface area contributed by atoms with Crippen LogP contribution in [-0.4, -0.2) is 21.0 Å². The Balaban J connectivity index is 3.75. The predicted molar refractivity (Wildman–Crippen MR) is 78.7 cm³/mol. The van der Waals surface area contributed by atoms with E-state index in [9.17, 15) is 39.3 Å². The molecule has 13 heteroatoms. The minimum Gasteiger partial charge on any atom is -0.397 e. The Bertz CT molecular complexity index is 619. The van der Waals surface area contributed by atoms with Crippen molar-refractivity contribution in [3.05, 3.63) is 21.3 Å². The highest BCUT2D eigenvalue weighted by Gasteiger charge is 2.71. The summed E-state index contributed by atoms with van der Waals surface area (Å²) in [5.41, 5.74) is -2.24. The molecule has 1 aromatic carbocycles. The third-order valence-corrected chi connectivity index (χ3v) is 5.18. The van der Waals surface area contributed by atoms with Crippen molar-refractivity contribution >= 4 is 55.0 Å². The van der Waals surface area contributed by atoms with Crippen LogP contribution in [0.4, 0.5) is 40.8 Å². The summed E-state index contributed by atoms with van der Waals surface area (Å²) in [5, 5.41) is 0. The maximum atomic E-state index is 14.2. The smallest absolute Gasteiger partial charge is 0.397 e. The summed E-state index contributed by atoms with van der Waals surface area (Å²) in [5.74, 6) is -3.55. The molecule has 0 aliphatic carbocycles. The van der Waals surface area contributed by atoms with Crippen LogP contribution < -0.4 is 5.73 Å². The minimum atomic E-state index is -6.09. The van der Waals surface area contributed by atoms with Crippen LogP contribution in [0.1, 0.15) is 5.56 Å². The van der Waals surface area contributed by atoms with Crippen molar-refractivity contribution in [1.29, 1.82) is 0 Å². The maximum Gasteiger partial charge on any atom is 0.433 e. The van der Waals surface area contributed by atoms with Crippen molar-refractivity contribution in [2.45, 2.75) is 27.3 Å². The first-order valence-corrected chi connectivity index (χ1v) is 8.33. The number of anilines is 1. The summed E-state index contributed by atoms with van der Waals surface area (Å²) >= 11 is 2.55. The molecule has 0 heterocycles. The Morgan fingerprint density at radius 1 is 1.13 bits per heavy atom. The molecule has 0 bridgehead atoms. The topological polar surface area (TPSA) is 43.1 Å². The van der Waals surface area contributed by atoms with Crippen LogP contribution >= 0.6 is 38.5 Å². The molecule has 0 radical (unpaired) electrons. The number of hydrogen-bond donors (Lipinski definition) is 1. The van der Waals surface area contributed by atoms with E-state index in [1.165, 1.54) is 38.5 Å². The molecule has 0 aliphatic heterocycles. The number of alkyl halides is 9. The molecule has 2 nitrogen and oxygen atoms in total. The van der Waals surface area contributed by atoms with E-state index in [1.807, 2.05) is 0 Å². The van der Waals surface area contributed by atoms with Gasteiger partial charge in [0.25, 0.3) is 0 Å². The minimum absolute atomic E-state index is 0.00241. The van der Waals surface area contributed by atoms with Gasteiger partial charge in [-0.25, -0.2) is 8.60 Å². The van der Waals surface area contributed by atoms with Crippen LogP contribution in [0, 0.1) is 3.57 Å². The Hall–Kier alpha value is -0.180. The number of nitrogens with two attached hydrogens (primary N) is 1. The van der Waals surface area contributed by atoms with Gasteiger partial charge in [-0.3, -0.25) is 0 Å². The van der Waals surface area contributed by atoms with E-state index in [1.54, 1.807) is 0 Å². The number of nitrogen functional groups attached to an aromatic ring is 1. The van der Waals surface area contributed by atoms with E-state index in [-0.39, 0.29) is 6.07 Å². The van der Waals surface area contributed by atoms with E-state index >= 15 is 0 Å². The van der Waals surface area contributed by atoms with Crippen LogP contribution in [0.2, 0.25) is 0 Å². The molecule has 2 atom stereocenters. The lowest BCUT2D eigenvalue weighted by molar-refractivity contribution is -0.282. The van der Waals surface area contributed by atoms with Gasteiger partial charge in [-0.15, -0.1) is 0 Å². The van der Waals surface area contributed by atoms with Gasteiger partial charge in [0.05, 0.1) is 10.6 Å². The monoisotopic (exact) mass is 545 g/mol. The fourth-order valence-electron chi connectivity index (χ4n) is 1.54. The van der Waals surface area contributed by atoms with E-state index in [0.717, 1.165) is 0 Å². The number of benzene rings is 1. The second kappa shape index (κ2) is 6.61. The van der Waals surface area contributed by atoms with Crippen molar-refractivity contribution < 1.29 is 39.3 Å². The van der Waals surface area contributed by atoms with Gasteiger partial charge in [-0.05, 0) is 50.7 Å². The van der Waals surface area contributed by atoms with Gasteiger partial charge in [0, 0.05) is 9.13 Å². The number of rotatable bonds is 4. The molecule has 1 aromatic rings. The Morgan fingerprint density at radius 2 is 1.61 bits per heavy atom. The molecule has 0 saturated carbocycles. The van der Waals surface area contributed by atoms with Crippen molar-refractivity contribution in [2.75, 3.05) is 5.73 Å². The summed E-state index contributed by atoms with van der Waals surface area (Å²) in [4.78, 5) is -6.17. The lowest BCUT2D eigenvalue weighted by atomic mass is 9.95. The molecular formula is C10H5BrF8INOS. The zero-order valence-corrected chi connectivity index (χ0v) is 15.0. The van der Waals surface area contributed by atoms with Crippen molar-refractivity contribution in [3.8, 4) is 0 Å². The molecule has 0 aliphatic rings. The molecule has 1 rings (SSSR count). The quantitative estimate of drug-likeness (QED) is 0.253. The second-order valence-electron chi connectivity index (χ2n) is 4.08. The molecular weight excluding hydrogens is 541 g/mol. The van der Waals surface area contributed by atoms with E-state index < -0.39 is 53.0 Å². The van der Waals surface area contributed by atoms with Crippen LogP contribution in [0.5, 0.6) is 0 Å². The average Bonchev–Trinajstić information content (AvgIpc) is 2.37. The first-order valence-electron chi connectivity index (χ1n) is 5.25. The molecule has 2 N–H and O–H groups in total. The Kier molecular flexibility index (Phi) is 6.00. The summed E-state index contributed by atoms with van der Waals surface area (Å²) in [6, 6.07) is 0.327. The molecule has 0 amide bonds. The van der Waals surface area contributed by atoms with Gasteiger partial charge in [-0.2, -0.15) is 30.7 Å². The Morgan fingerprint density at radius 3 is 1.96 bits per heavy atom. The molecule has 0 saturated heterocycles. The molecule has 0 fully saturated rings. The molecule has 0 aromatic heterocycles. The lowest BCUT2D eigenvalue weighted by Crippen LogP contribution is -2.49. The molecule has 0 spiro atoms. The van der Waals surface area contributed by atoms with E-state index in [4.69, 9.17) is 5.73 Å². The summed E-state index contributed by atoms with van der Waals surface area (Å²) in [7, 11) is -3.21. The van der Waals surface area contributed by atoms with Gasteiger partial charge < -0.3 is 5.73 Å². The fraction of sp³-hybridized carbons (Fsp3) is 0.400. The van der Waals surface area contributed by atoms with Crippen molar-refractivity contribution in [2.24, 2.45) is 0 Å². The zero-order valence-electron chi connectivity index (χ0n) is 10.4. The highest BCUT2D eigenvalue weighted by molar-refractivity contribution is 14.1. The maximum absolute atomic E-state index is 14.2. The van der Waals surface area contributed by atoms with Crippen molar-refractivity contribution in [1.82, 2.24) is 0 Å². The largest absolute Gasteiger partial charge is 0.433 e. The van der Waals surface area contributed by atoms with Crippen LogP contribution in [0.25, 0.3) is 0 Å². The highest BCUT2D eigenvalue weighted by Crippen LogP contribution is 2.55. The average molecular weight is 546 g/mol. The summed E-state index contributed by atoms with van der Waals surface area (Å²) < 4.78 is 115. The fourth-order valence-corrected chi connectivity index (χ4v) is 3.57. The van der Waals surface area contributed by atoms with Crippen molar-refractivity contribution in [3.63, 3.8) is 0 Å². The predicted octanol–water partition coefficient (Wildman–Crippen LogP) is 4.92. The lowest BCUT2D eigenvalue weighted by Gasteiger charge is -2.32. The Labute approximate surface area is 148 Å². The third kappa shape index (κ3) is 3.75. The van der Waals surface area contributed by atoms with Gasteiger partial charge >= 0.3 is 22.4 Å². The van der Waals surface area contributed by atoms with Crippen LogP contribution in [0.3, 0.4) is 0 Å². The van der Waals surface area contributed by atoms with E-state index in [2.05, 4.69) is 0 Å². The summed E-state index contributed by atoms with van der Waals surface area (Å²) in [6.07, 6.45) is -6.09. The zero-order chi connectivity index (χ0) is 18.4. The van der Waals surface area contributed by atoms with Crippen LogP contribution in [0.15, 0.2) is 17.0 Å². The number of hydrogen-bond acceptors (Lipinski definition) is 2. The van der Waals surface area contributed by atoms with E-state index in [0.29, 0.717) is 6.07 Å². The first kappa shape index (κ1) is 20.9. The molecule has 23 heavy (non-hydrogen) atoms.